The molecule has 0 amide bonds. The van der Waals surface area contributed by atoms with Gasteiger partial charge in [-0.1, -0.05) is 19.1 Å². The second kappa shape index (κ2) is 3.42. The summed E-state index contributed by atoms with van der Waals surface area (Å²) in [5, 5.41) is 0. The van der Waals surface area contributed by atoms with Crippen molar-refractivity contribution in [1.29, 1.82) is 0 Å². The molecule has 0 aromatic heterocycles. The summed E-state index contributed by atoms with van der Waals surface area (Å²) in [6.07, 6.45) is 3.12. The molecule has 1 aliphatic rings. The zero-order valence-corrected chi connectivity index (χ0v) is 8.18. The van der Waals surface area contributed by atoms with Crippen LogP contribution in [0.1, 0.15) is 36.8 Å². The molecule has 14 heavy (non-hydrogen) atoms. The molecule has 0 saturated carbocycles. The predicted octanol–water partition coefficient (Wildman–Crippen LogP) is 3.82. The Labute approximate surface area is 83.4 Å². The van der Waals surface area contributed by atoms with Gasteiger partial charge in [0.1, 0.15) is 5.82 Å². The van der Waals surface area contributed by atoms with Crippen LogP contribution in [0.2, 0.25) is 0 Å². The molecule has 1 unspecified atom stereocenters. The number of hydrogen-bond donors (Lipinski definition) is 0. The summed E-state index contributed by atoms with van der Waals surface area (Å²) in [7, 11) is 0. The fourth-order valence-corrected chi connectivity index (χ4v) is 2.20. The largest absolute Gasteiger partial charge is 0.235 e. The number of fused-ring (bicyclic) bond motifs is 1. The molecular weight excluding hydrogens is 177 g/mol. The lowest BCUT2D eigenvalue weighted by Crippen LogP contribution is -2.09. The van der Waals surface area contributed by atoms with Gasteiger partial charge >= 0.3 is 0 Å². The van der Waals surface area contributed by atoms with Crippen molar-refractivity contribution in [3.05, 3.63) is 40.5 Å². The molecule has 0 radical (unpaired) electrons. The number of benzene rings is 1. The first-order valence-electron chi connectivity index (χ1n) is 4.92. The normalized spacial score (nSPS) is 19.9. The molecule has 0 saturated heterocycles. The average molecular weight is 189 g/mol. The van der Waals surface area contributed by atoms with Crippen LogP contribution in [0.15, 0.2) is 12.1 Å². The zero-order valence-electron chi connectivity index (χ0n) is 8.18. The van der Waals surface area contributed by atoms with E-state index in [9.17, 15) is 4.39 Å². The third-order valence-corrected chi connectivity index (χ3v) is 2.95. The lowest BCUT2D eigenvalue weighted by Gasteiger charge is -2.23. The molecule has 0 aliphatic heterocycles. The molecule has 1 aliphatic carbocycles. The van der Waals surface area contributed by atoms with Crippen molar-refractivity contribution in [1.82, 2.24) is 0 Å². The van der Waals surface area contributed by atoms with Crippen molar-refractivity contribution in [2.24, 2.45) is 0 Å². The second-order valence-corrected chi connectivity index (χ2v) is 3.88. The van der Waals surface area contributed by atoms with E-state index < -0.39 is 0 Å². The summed E-state index contributed by atoms with van der Waals surface area (Å²) in [5.74, 6) is -0.0230. The molecule has 1 atom stereocenters. The van der Waals surface area contributed by atoms with E-state index in [4.69, 9.17) is 6.57 Å². The summed E-state index contributed by atoms with van der Waals surface area (Å²) in [6.45, 7) is 8.89. The van der Waals surface area contributed by atoms with Crippen LogP contribution < -0.4 is 0 Å². The second-order valence-electron chi connectivity index (χ2n) is 3.88. The molecule has 72 valence electrons. The van der Waals surface area contributed by atoms with Crippen LogP contribution >= 0.6 is 0 Å². The molecule has 0 N–H and O–H groups in total. The Morgan fingerprint density at radius 1 is 1.50 bits per heavy atom. The Morgan fingerprint density at radius 3 is 3.00 bits per heavy atom. The van der Waals surface area contributed by atoms with E-state index in [-0.39, 0.29) is 17.4 Å². The van der Waals surface area contributed by atoms with Gasteiger partial charge in [0, 0.05) is 0 Å². The SMILES string of the molecule is [C-]#[N+]c1ccc2c(c1F)C(C)CCC2. The first kappa shape index (κ1) is 9.21. The van der Waals surface area contributed by atoms with Gasteiger partial charge in [-0.3, -0.25) is 0 Å². The van der Waals surface area contributed by atoms with Gasteiger partial charge in [-0.25, -0.2) is 9.24 Å². The van der Waals surface area contributed by atoms with Gasteiger partial charge in [0.25, 0.3) is 0 Å². The van der Waals surface area contributed by atoms with Gasteiger partial charge in [0.05, 0.1) is 6.57 Å². The van der Waals surface area contributed by atoms with Crippen LogP contribution in [0, 0.1) is 12.4 Å². The summed E-state index contributed by atoms with van der Waals surface area (Å²) in [5.41, 5.74) is 2.04. The van der Waals surface area contributed by atoms with Crippen molar-refractivity contribution in [2.75, 3.05) is 0 Å². The van der Waals surface area contributed by atoms with Crippen molar-refractivity contribution in [3.63, 3.8) is 0 Å². The topological polar surface area (TPSA) is 4.36 Å². The van der Waals surface area contributed by atoms with Gasteiger partial charge in [0.15, 0.2) is 0 Å². The highest BCUT2D eigenvalue weighted by molar-refractivity contribution is 5.52. The summed E-state index contributed by atoms with van der Waals surface area (Å²) >= 11 is 0. The summed E-state index contributed by atoms with van der Waals surface area (Å²) < 4.78 is 13.8. The van der Waals surface area contributed by atoms with Crippen molar-refractivity contribution in [3.8, 4) is 0 Å². The van der Waals surface area contributed by atoms with E-state index >= 15 is 0 Å². The van der Waals surface area contributed by atoms with Gasteiger partial charge in [0.2, 0.25) is 5.69 Å². The molecule has 1 aromatic rings. The van der Waals surface area contributed by atoms with Crippen molar-refractivity contribution < 1.29 is 4.39 Å². The Kier molecular flexibility index (Phi) is 2.25. The molecule has 1 nitrogen and oxygen atoms in total. The minimum atomic E-state index is -0.287. The maximum absolute atomic E-state index is 13.8. The Hall–Kier alpha value is -1.36. The number of rotatable bonds is 0. The third-order valence-electron chi connectivity index (χ3n) is 2.95. The number of aryl methyl sites for hydroxylation is 1. The maximum atomic E-state index is 13.8. The van der Waals surface area contributed by atoms with Crippen LogP contribution in [0.25, 0.3) is 4.85 Å². The highest BCUT2D eigenvalue weighted by atomic mass is 19.1. The molecular formula is C12H12FN. The maximum Gasteiger partial charge on any atom is 0.222 e. The van der Waals surface area contributed by atoms with E-state index in [0.717, 1.165) is 30.4 Å². The smallest absolute Gasteiger partial charge is 0.222 e. The van der Waals surface area contributed by atoms with Crippen LogP contribution in [-0.2, 0) is 6.42 Å². The van der Waals surface area contributed by atoms with Crippen LogP contribution in [-0.4, -0.2) is 0 Å². The molecule has 2 heteroatoms. The molecule has 0 heterocycles. The minimum Gasteiger partial charge on any atom is -0.235 e. The monoisotopic (exact) mass is 189 g/mol. The fraction of sp³-hybridized carbons (Fsp3) is 0.417. The lowest BCUT2D eigenvalue weighted by atomic mass is 9.83. The summed E-state index contributed by atoms with van der Waals surface area (Å²) in [4.78, 5) is 3.19. The van der Waals surface area contributed by atoms with Crippen molar-refractivity contribution >= 4 is 5.69 Å². The minimum absolute atomic E-state index is 0.164. The van der Waals surface area contributed by atoms with E-state index in [1.54, 1.807) is 6.07 Å². The highest BCUT2D eigenvalue weighted by Gasteiger charge is 2.21. The van der Waals surface area contributed by atoms with Crippen molar-refractivity contribution in [2.45, 2.75) is 32.1 Å². The standard InChI is InChI=1S/C12H12FN/c1-8-4-3-5-9-6-7-10(14-2)12(13)11(8)9/h6-8H,3-5H2,1H3. The van der Waals surface area contributed by atoms with E-state index in [1.165, 1.54) is 0 Å². The Balaban J connectivity index is 2.61. The molecule has 0 bridgehead atoms. The number of halogens is 1. The zero-order chi connectivity index (χ0) is 10.1. The van der Waals surface area contributed by atoms with Gasteiger partial charge < -0.3 is 0 Å². The summed E-state index contributed by atoms with van der Waals surface area (Å²) in [6, 6.07) is 3.50. The first-order chi connectivity index (χ1) is 6.74. The average Bonchev–Trinajstić information content (AvgIpc) is 2.18. The van der Waals surface area contributed by atoms with Gasteiger partial charge in [-0.2, -0.15) is 0 Å². The van der Waals surface area contributed by atoms with E-state index in [2.05, 4.69) is 4.85 Å². The highest BCUT2D eigenvalue weighted by Crippen LogP contribution is 2.36. The fourth-order valence-electron chi connectivity index (χ4n) is 2.20. The van der Waals surface area contributed by atoms with Crippen LogP contribution in [0.4, 0.5) is 10.1 Å². The molecule has 0 fully saturated rings. The van der Waals surface area contributed by atoms with Crippen LogP contribution in [0.5, 0.6) is 0 Å². The Morgan fingerprint density at radius 2 is 2.29 bits per heavy atom. The lowest BCUT2D eigenvalue weighted by molar-refractivity contribution is 0.534. The molecule has 0 spiro atoms. The molecule has 2 rings (SSSR count). The Bertz CT molecular complexity index is 404. The molecule has 1 aromatic carbocycles. The predicted molar refractivity (Wildman–Crippen MR) is 54.0 cm³/mol. The number of hydrogen-bond acceptors (Lipinski definition) is 0. The number of nitrogens with zero attached hydrogens (tertiary/aromatic N) is 1. The van der Waals surface area contributed by atoms with E-state index in [1.807, 2.05) is 13.0 Å². The quantitative estimate of drug-likeness (QED) is 0.546. The first-order valence-corrected chi connectivity index (χ1v) is 4.92. The third kappa shape index (κ3) is 1.29. The van der Waals surface area contributed by atoms with E-state index in [0.29, 0.717) is 0 Å². The van der Waals surface area contributed by atoms with Gasteiger partial charge in [-0.15, -0.1) is 0 Å². The van der Waals surface area contributed by atoms with Gasteiger partial charge in [-0.05, 0) is 36.3 Å². The van der Waals surface area contributed by atoms with Crippen LogP contribution in [0.3, 0.4) is 0 Å².